The van der Waals surface area contributed by atoms with Crippen LogP contribution in [0.25, 0.3) is 0 Å². The number of ether oxygens (including phenoxy) is 2. The molecule has 0 radical (unpaired) electrons. The Kier molecular flexibility index (Phi) is 5.20. The summed E-state index contributed by atoms with van der Waals surface area (Å²) in [5.41, 5.74) is 5.99. The minimum atomic E-state index is -0.335. The second kappa shape index (κ2) is 7.13. The minimum Gasteiger partial charge on any atom is -0.489 e. The van der Waals surface area contributed by atoms with Gasteiger partial charge in [0, 0.05) is 12.7 Å². The summed E-state index contributed by atoms with van der Waals surface area (Å²) in [7, 11) is 0. The summed E-state index contributed by atoms with van der Waals surface area (Å²) in [6.07, 6.45) is 3.33. The van der Waals surface area contributed by atoms with E-state index in [-0.39, 0.29) is 18.5 Å². The first kappa shape index (κ1) is 13.9. The molecule has 1 aliphatic rings. The molecule has 1 heterocycles. The lowest BCUT2D eigenvalue weighted by Crippen LogP contribution is -2.26. The van der Waals surface area contributed by atoms with Crippen LogP contribution in [0.2, 0.25) is 0 Å². The Morgan fingerprint density at radius 1 is 1.42 bits per heavy atom. The van der Waals surface area contributed by atoms with E-state index in [4.69, 9.17) is 15.2 Å². The van der Waals surface area contributed by atoms with E-state index in [9.17, 15) is 4.39 Å². The summed E-state index contributed by atoms with van der Waals surface area (Å²) in [4.78, 5) is 0. The van der Waals surface area contributed by atoms with Crippen molar-refractivity contribution in [3.05, 3.63) is 29.6 Å². The van der Waals surface area contributed by atoms with Gasteiger partial charge in [-0.15, -0.1) is 0 Å². The van der Waals surface area contributed by atoms with Gasteiger partial charge in [0.2, 0.25) is 0 Å². The van der Waals surface area contributed by atoms with Gasteiger partial charge in [-0.3, -0.25) is 0 Å². The van der Waals surface area contributed by atoms with Crippen LogP contribution in [0, 0.1) is 17.7 Å². The van der Waals surface area contributed by atoms with Crippen LogP contribution >= 0.6 is 0 Å². The SMILES string of the molecule is NCC#Cc1ccc(F)cc1OCC1CCCCO1. The van der Waals surface area contributed by atoms with Crippen molar-refractivity contribution in [2.45, 2.75) is 25.4 Å². The minimum absolute atomic E-state index is 0.0901. The second-order valence-corrected chi connectivity index (χ2v) is 4.45. The van der Waals surface area contributed by atoms with Crippen molar-refractivity contribution in [3.8, 4) is 17.6 Å². The predicted molar refractivity (Wildman–Crippen MR) is 71.4 cm³/mol. The van der Waals surface area contributed by atoms with Crippen LogP contribution in [0.1, 0.15) is 24.8 Å². The molecule has 102 valence electrons. The zero-order valence-electron chi connectivity index (χ0n) is 10.8. The van der Waals surface area contributed by atoms with Crippen molar-refractivity contribution in [1.82, 2.24) is 0 Å². The van der Waals surface area contributed by atoms with Crippen LogP contribution in [0.4, 0.5) is 4.39 Å². The largest absolute Gasteiger partial charge is 0.489 e. The standard InChI is InChI=1S/C15H18FNO2/c16-13-7-6-12(4-3-8-17)15(10-13)19-11-14-5-1-2-9-18-14/h6-7,10,14H,1-2,5,8-9,11,17H2. The summed E-state index contributed by atoms with van der Waals surface area (Å²) in [6, 6.07) is 4.32. The van der Waals surface area contributed by atoms with Crippen molar-refractivity contribution in [1.29, 1.82) is 0 Å². The van der Waals surface area contributed by atoms with Crippen LogP contribution in [0.15, 0.2) is 18.2 Å². The van der Waals surface area contributed by atoms with E-state index in [2.05, 4.69) is 11.8 Å². The molecule has 1 aromatic carbocycles. The maximum absolute atomic E-state index is 13.3. The number of hydrogen-bond acceptors (Lipinski definition) is 3. The average molecular weight is 263 g/mol. The lowest BCUT2D eigenvalue weighted by Gasteiger charge is -2.22. The maximum atomic E-state index is 13.3. The number of benzene rings is 1. The van der Waals surface area contributed by atoms with Gasteiger partial charge in [-0.2, -0.15) is 0 Å². The summed E-state index contributed by atoms with van der Waals surface area (Å²) in [6.45, 7) is 1.47. The van der Waals surface area contributed by atoms with Gasteiger partial charge in [0.1, 0.15) is 18.2 Å². The Morgan fingerprint density at radius 3 is 3.05 bits per heavy atom. The summed E-state index contributed by atoms with van der Waals surface area (Å²) < 4.78 is 24.5. The average Bonchev–Trinajstić information content (AvgIpc) is 2.45. The molecule has 2 N–H and O–H groups in total. The van der Waals surface area contributed by atoms with Gasteiger partial charge in [0.05, 0.1) is 18.2 Å². The van der Waals surface area contributed by atoms with E-state index < -0.39 is 0 Å². The van der Waals surface area contributed by atoms with Crippen LogP contribution in [0.3, 0.4) is 0 Å². The summed E-state index contributed by atoms with van der Waals surface area (Å²) in [5, 5.41) is 0. The zero-order valence-corrected chi connectivity index (χ0v) is 10.8. The molecule has 0 bridgehead atoms. The lowest BCUT2D eigenvalue weighted by atomic mass is 10.1. The molecule has 3 nitrogen and oxygen atoms in total. The van der Waals surface area contributed by atoms with Crippen molar-refractivity contribution >= 4 is 0 Å². The van der Waals surface area contributed by atoms with Crippen molar-refractivity contribution < 1.29 is 13.9 Å². The van der Waals surface area contributed by atoms with E-state index in [1.165, 1.54) is 12.1 Å². The Labute approximate surface area is 112 Å². The molecule has 0 saturated carbocycles. The smallest absolute Gasteiger partial charge is 0.137 e. The van der Waals surface area contributed by atoms with Gasteiger partial charge in [-0.05, 0) is 31.4 Å². The fourth-order valence-electron chi connectivity index (χ4n) is 1.99. The molecule has 0 aliphatic carbocycles. The number of halogens is 1. The van der Waals surface area contributed by atoms with Gasteiger partial charge in [0.15, 0.2) is 0 Å². The normalized spacial score (nSPS) is 18.5. The first-order valence-electron chi connectivity index (χ1n) is 6.52. The highest BCUT2D eigenvalue weighted by atomic mass is 19.1. The number of hydrogen-bond donors (Lipinski definition) is 1. The highest BCUT2D eigenvalue weighted by Gasteiger charge is 2.15. The monoisotopic (exact) mass is 263 g/mol. The van der Waals surface area contributed by atoms with E-state index >= 15 is 0 Å². The first-order chi connectivity index (χ1) is 9.29. The summed E-state index contributed by atoms with van der Waals surface area (Å²) >= 11 is 0. The van der Waals surface area contributed by atoms with Gasteiger partial charge in [-0.1, -0.05) is 11.8 Å². The molecule has 0 spiro atoms. The molecule has 1 unspecified atom stereocenters. The molecule has 0 amide bonds. The van der Waals surface area contributed by atoms with Crippen LogP contribution in [-0.4, -0.2) is 25.9 Å². The molecular formula is C15H18FNO2. The van der Waals surface area contributed by atoms with Gasteiger partial charge in [-0.25, -0.2) is 4.39 Å². The van der Waals surface area contributed by atoms with E-state index in [0.717, 1.165) is 25.9 Å². The molecule has 1 aromatic rings. The fourth-order valence-corrected chi connectivity index (χ4v) is 1.99. The molecular weight excluding hydrogens is 245 g/mol. The van der Waals surface area contributed by atoms with E-state index in [1.54, 1.807) is 6.07 Å². The number of nitrogens with two attached hydrogens (primary N) is 1. The molecule has 1 aliphatic heterocycles. The third-order valence-corrected chi connectivity index (χ3v) is 2.97. The molecule has 1 saturated heterocycles. The molecule has 1 fully saturated rings. The first-order valence-corrected chi connectivity index (χ1v) is 6.52. The predicted octanol–water partition coefficient (Wildman–Crippen LogP) is 2.08. The Balaban J connectivity index is 2.02. The van der Waals surface area contributed by atoms with E-state index in [1.807, 2.05) is 0 Å². The highest BCUT2D eigenvalue weighted by Crippen LogP contribution is 2.21. The fraction of sp³-hybridized carbons (Fsp3) is 0.467. The molecule has 1 atom stereocenters. The van der Waals surface area contributed by atoms with Crippen molar-refractivity contribution in [2.24, 2.45) is 5.73 Å². The maximum Gasteiger partial charge on any atom is 0.137 e. The lowest BCUT2D eigenvalue weighted by molar-refractivity contribution is -0.0111. The third kappa shape index (κ3) is 4.23. The number of rotatable bonds is 3. The molecule has 0 aromatic heterocycles. The van der Waals surface area contributed by atoms with E-state index in [0.29, 0.717) is 17.9 Å². The van der Waals surface area contributed by atoms with Crippen LogP contribution < -0.4 is 10.5 Å². The third-order valence-electron chi connectivity index (χ3n) is 2.97. The van der Waals surface area contributed by atoms with Crippen LogP contribution in [0.5, 0.6) is 5.75 Å². The highest BCUT2D eigenvalue weighted by molar-refractivity contribution is 5.46. The van der Waals surface area contributed by atoms with Crippen molar-refractivity contribution in [2.75, 3.05) is 19.8 Å². The Bertz CT molecular complexity index is 473. The molecule has 2 rings (SSSR count). The second-order valence-electron chi connectivity index (χ2n) is 4.45. The Hall–Kier alpha value is -1.57. The molecule has 19 heavy (non-hydrogen) atoms. The van der Waals surface area contributed by atoms with Gasteiger partial charge >= 0.3 is 0 Å². The summed E-state index contributed by atoms with van der Waals surface area (Å²) in [5.74, 6) is 5.75. The van der Waals surface area contributed by atoms with Gasteiger partial charge < -0.3 is 15.2 Å². The molecule has 4 heteroatoms. The van der Waals surface area contributed by atoms with Gasteiger partial charge in [0.25, 0.3) is 0 Å². The zero-order chi connectivity index (χ0) is 13.5. The topological polar surface area (TPSA) is 44.5 Å². The Morgan fingerprint density at radius 2 is 2.32 bits per heavy atom. The van der Waals surface area contributed by atoms with Crippen molar-refractivity contribution in [3.63, 3.8) is 0 Å². The quantitative estimate of drug-likeness (QED) is 0.849. The van der Waals surface area contributed by atoms with Crippen LogP contribution in [-0.2, 0) is 4.74 Å².